The van der Waals surface area contributed by atoms with Crippen molar-refractivity contribution in [3.05, 3.63) is 83.5 Å². The first-order chi connectivity index (χ1) is 14.5. The maximum absolute atomic E-state index is 14.7. The Balaban J connectivity index is 1.91. The third kappa shape index (κ3) is 2.97. The van der Waals surface area contributed by atoms with Crippen molar-refractivity contribution in [3.63, 3.8) is 0 Å². The van der Waals surface area contributed by atoms with Crippen LogP contribution in [0.15, 0.2) is 66.9 Å². The molecule has 5 rings (SSSR count). The molecule has 0 saturated heterocycles. The van der Waals surface area contributed by atoms with Gasteiger partial charge in [-0.3, -0.25) is 4.98 Å². The lowest BCUT2D eigenvalue weighted by Gasteiger charge is -2.08. The zero-order valence-corrected chi connectivity index (χ0v) is 16.5. The van der Waals surface area contributed by atoms with Gasteiger partial charge in [-0.15, -0.1) is 0 Å². The van der Waals surface area contributed by atoms with E-state index in [1.165, 1.54) is 16.8 Å². The Bertz CT molecular complexity index is 1410. The van der Waals surface area contributed by atoms with Crippen molar-refractivity contribution in [2.75, 3.05) is 7.11 Å². The molecule has 7 heteroatoms. The minimum atomic E-state index is -0.713. The highest BCUT2D eigenvalue weighted by Gasteiger charge is 2.19. The van der Waals surface area contributed by atoms with E-state index in [1.54, 1.807) is 31.5 Å². The van der Waals surface area contributed by atoms with E-state index in [9.17, 15) is 8.78 Å². The highest BCUT2D eigenvalue weighted by atomic mass is 35.5. The number of methoxy groups -OCH3 is 1. The standard InChI is InChI=1S/C23H14ClF2N3O/c1-30-16-7-8-20-17(11-16)23-18(12-27-20)22(13-2-4-14(24)5-3-13)28-29(23)21-9-6-15(25)10-19(21)26/h2-12H,1H3. The molecule has 0 amide bonds. The van der Waals surface area contributed by atoms with Crippen molar-refractivity contribution >= 4 is 33.4 Å². The average Bonchev–Trinajstić information content (AvgIpc) is 3.14. The molecule has 2 aromatic heterocycles. The van der Waals surface area contributed by atoms with Gasteiger partial charge in [-0.1, -0.05) is 23.7 Å². The van der Waals surface area contributed by atoms with Gasteiger partial charge >= 0.3 is 0 Å². The van der Waals surface area contributed by atoms with E-state index in [0.717, 1.165) is 22.4 Å². The van der Waals surface area contributed by atoms with E-state index >= 15 is 0 Å². The number of nitrogens with zero attached hydrogens (tertiary/aromatic N) is 3. The van der Waals surface area contributed by atoms with Crippen LogP contribution in [0.2, 0.25) is 5.02 Å². The van der Waals surface area contributed by atoms with Gasteiger partial charge in [0.05, 0.1) is 18.1 Å². The van der Waals surface area contributed by atoms with Crippen LogP contribution < -0.4 is 4.74 Å². The molecular formula is C23H14ClF2N3O. The number of ether oxygens (including phenoxy) is 1. The Morgan fingerprint density at radius 2 is 1.73 bits per heavy atom. The summed E-state index contributed by atoms with van der Waals surface area (Å²) in [7, 11) is 1.57. The molecule has 4 nitrogen and oxygen atoms in total. The Hall–Kier alpha value is -3.51. The van der Waals surface area contributed by atoms with Gasteiger partial charge in [-0.25, -0.2) is 13.5 Å². The fourth-order valence-electron chi connectivity index (χ4n) is 3.54. The number of hydrogen-bond acceptors (Lipinski definition) is 3. The molecule has 3 aromatic carbocycles. The number of fused-ring (bicyclic) bond motifs is 3. The summed E-state index contributed by atoms with van der Waals surface area (Å²) in [4.78, 5) is 4.54. The molecule has 0 aliphatic rings. The van der Waals surface area contributed by atoms with Crippen LogP contribution in [0, 0.1) is 11.6 Å². The van der Waals surface area contributed by atoms with Crippen LogP contribution in [0.3, 0.4) is 0 Å². The molecule has 0 bridgehead atoms. The van der Waals surface area contributed by atoms with Crippen molar-refractivity contribution in [2.24, 2.45) is 0 Å². The number of aromatic nitrogens is 3. The van der Waals surface area contributed by atoms with E-state index in [2.05, 4.69) is 10.1 Å². The summed E-state index contributed by atoms with van der Waals surface area (Å²) in [6.07, 6.45) is 1.71. The highest BCUT2D eigenvalue weighted by Crippen LogP contribution is 2.35. The highest BCUT2D eigenvalue weighted by molar-refractivity contribution is 6.30. The molecular weight excluding hydrogens is 408 g/mol. The number of hydrogen-bond donors (Lipinski definition) is 0. The molecule has 0 saturated carbocycles. The van der Waals surface area contributed by atoms with E-state index in [0.29, 0.717) is 27.5 Å². The van der Waals surface area contributed by atoms with E-state index in [4.69, 9.17) is 16.3 Å². The molecule has 0 aliphatic heterocycles. The first kappa shape index (κ1) is 18.5. The molecule has 5 aromatic rings. The molecule has 0 N–H and O–H groups in total. The molecule has 0 radical (unpaired) electrons. The molecule has 0 fully saturated rings. The SMILES string of the molecule is COc1ccc2ncc3c(-c4ccc(Cl)cc4)nn(-c4ccc(F)cc4F)c3c2c1. The topological polar surface area (TPSA) is 39.9 Å². The smallest absolute Gasteiger partial charge is 0.151 e. The summed E-state index contributed by atoms with van der Waals surface area (Å²) in [6, 6.07) is 16.1. The number of pyridine rings is 1. The maximum atomic E-state index is 14.7. The predicted octanol–water partition coefficient (Wildman–Crippen LogP) is 6.18. The van der Waals surface area contributed by atoms with Crippen molar-refractivity contribution in [3.8, 4) is 22.7 Å². The zero-order chi connectivity index (χ0) is 20.8. The lowest BCUT2D eigenvalue weighted by Crippen LogP contribution is -2.01. The van der Waals surface area contributed by atoms with Crippen molar-refractivity contribution in [1.82, 2.24) is 14.8 Å². The summed E-state index contributed by atoms with van der Waals surface area (Å²) in [6.45, 7) is 0. The van der Waals surface area contributed by atoms with Gasteiger partial charge in [-0.05, 0) is 42.5 Å². The minimum absolute atomic E-state index is 0.136. The van der Waals surface area contributed by atoms with Crippen LogP contribution in [0.4, 0.5) is 8.78 Å². The predicted molar refractivity (Wildman–Crippen MR) is 113 cm³/mol. The third-order valence-corrected chi connectivity index (χ3v) is 5.22. The largest absolute Gasteiger partial charge is 0.497 e. The second kappa shape index (κ2) is 7.07. The summed E-state index contributed by atoms with van der Waals surface area (Å²) >= 11 is 6.03. The quantitative estimate of drug-likeness (QED) is 0.349. The summed E-state index contributed by atoms with van der Waals surface area (Å²) < 4.78 is 35.1. The van der Waals surface area contributed by atoms with Crippen LogP contribution in [-0.4, -0.2) is 21.9 Å². The fraction of sp³-hybridized carbons (Fsp3) is 0.0435. The van der Waals surface area contributed by atoms with Crippen molar-refractivity contribution in [2.45, 2.75) is 0 Å². The Labute approximate surface area is 175 Å². The Morgan fingerprint density at radius 3 is 2.47 bits per heavy atom. The third-order valence-electron chi connectivity index (χ3n) is 4.97. The van der Waals surface area contributed by atoms with E-state index in [-0.39, 0.29) is 5.69 Å². The summed E-state index contributed by atoms with van der Waals surface area (Å²) in [5.41, 5.74) is 2.90. The molecule has 148 valence electrons. The second-order valence-electron chi connectivity index (χ2n) is 6.77. The van der Waals surface area contributed by atoms with Gasteiger partial charge in [0.1, 0.15) is 22.9 Å². The van der Waals surface area contributed by atoms with Gasteiger partial charge in [0.15, 0.2) is 5.82 Å². The van der Waals surface area contributed by atoms with Crippen LogP contribution in [0.5, 0.6) is 5.75 Å². The van der Waals surface area contributed by atoms with Gasteiger partial charge < -0.3 is 4.74 Å². The van der Waals surface area contributed by atoms with Crippen LogP contribution >= 0.6 is 11.6 Å². The minimum Gasteiger partial charge on any atom is -0.497 e. The first-order valence-electron chi connectivity index (χ1n) is 9.12. The van der Waals surface area contributed by atoms with Gasteiger partial charge in [0.2, 0.25) is 0 Å². The summed E-state index contributed by atoms with van der Waals surface area (Å²) in [5.74, 6) is -0.731. The number of halogens is 3. The van der Waals surface area contributed by atoms with Gasteiger partial charge in [0.25, 0.3) is 0 Å². The second-order valence-corrected chi connectivity index (χ2v) is 7.20. The van der Waals surface area contributed by atoms with Crippen LogP contribution in [-0.2, 0) is 0 Å². The lowest BCUT2D eigenvalue weighted by atomic mass is 10.1. The van der Waals surface area contributed by atoms with Gasteiger partial charge in [0, 0.05) is 33.6 Å². The molecule has 30 heavy (non-hydrogen) atoms. The summed E-state index contributed by atoms with van der Waals surface area (Å²) in [5, 5.41) is 6.75. The van der Waals surface area contributed by atoms with E-state index in [1.807, 2.05) is 24.3 Å². The van der Waals surface area contributed by atoms with Crippen molar-refractivity contribution < 1.29 is 13.5 Å². The molecule has 0 spiro atoms. The molecule has 2 heterocycles. The Morgan fingerprint density at radius 1 is 0.933 bits per heavy atom. The molecule has 0 unspecified atom stereocenters. The number of benzene rings is 3. The fourth-order valence-corrected chi connectivity index (χ4v) is 3.66. The lowest BCUT2D eigenvalue weighted by molar-refractivity contribution is 0.415. The first-order valence-corrected chi connectivity index (χ1v) is 9.50. The number of rotatable bonds is 3. The average molecular weight is 422 g/mol. The Kier molecular flexibility index (Phi) is 4.37. The van der Waals surface area contributed by atoms with Crippen molar-refractivity contribution in [1.29, 1.82) is 0 Å². The zero-order valence-electron chi connectivity index (χ0n) is 15.7. The molecule has 0 aliphatic carbocycles. The maximum Gasteiger partial charge on any atom is 0.151 e. The molecule has 0 atom stereocenters. The van der Waals surface area contributed by atoms with E-state index < -0.39 is 11.6 Å². The van der Waals surface area contributed by atoms with Gasteiger partial charge in [-0.2, -0.15) is 5.10 Å². The van der Waals surface area contributed by atoms with Crippen LogP contribution in [0.25, 0.3) is 38.8 Å². The van der Waals surface area contributed by atoms with Crippen LogP contribution in [0.1, 0.15) is 0 Å². The normalized spacial score (nSPS) is 11.3. The monoisotopic (exact) mass is 421 g/mol.